The third-order valence-corrected chi connectivity index (χ3v) is 21.7. The molecule has 0 fully saturated rings. The Morgan fingerprint density at radius 3 is 1.75 bits per heavy atom. The minimum absolute atomic E-state index is 0.149. The zero-order valence-electron chi connectivity index (χ0n) is 17.2. The van der Waals surface area contributed by atoms with Crippen molar-refractivity contribution in [3.05, 3.63) is 12.7 Å². The molecular formula is C21H44O2Sn. The van der Waals surface area contributed by atoms with Crippen LogP contribution in [0.1, 0.15) is 86.0 Å². The van der Waals surface area contributed by atoms with E-state index in [1.165, 1.54) is 51.8 Å². The van der Waals surface area contributed by atoms with Gasteiger partial charge in [-0.1, -0.05) is 0 Å². The first-order valence-electron chi connectivity index (χ1n) is 10.4. The normalized spacial score (nSPS) is 15.9. The van der Waals surface area contributed by atoms with Crippen molar-refractivity contribution in [3.8, 4) is 0 Å². The molecular weight excluding hydrogens is 403 g/mol. The van der Waals surface area contributed by atoms with Crippen LogP contribution in [0.3, 0.4) is 0 Å². The van der Waals surface area contributed by atoms with Gasteiger partial charge in [-0.15, -0.1) is 0 Å². The number of unbranched alkanes of at least 4 members (excludes halogenated alkanes) is 3. The van der Waals surface area contributed by atoms with E-state index >= 15 is 0 Å². The Kier molecular flexibility index (Phi) is 14.9. The summed E-state index contributed by atoms with van der Waals surface area (Å²) in [4.78, 5) is 0. The molecule has 0 aromatic rings. The van der Waals surface area contributed by atoms with Crippen molar-refractivity contribution in [2.45, 2.75) is 116 Å². The van der Waals surface area contributed by atoms with Crippen LogP contribution in [0.5, 0.6) is 0 Å². The molecule has 3 atom stereocenters. The van der Waals surface area contributed by atoms with Crippen LogP contribution in [0.25, 0.3) is 0 Å². The van der Waals surface area contributed by atoms with Gasteiger partial charge in [0.1, 0.15) is 0 Å². The summed E-state index contributed by atoms with van der Waals surface area (Å²) in [5, 5.41) is 9.71. The fraction of sp³-hybridized carbons (Fsp3) is 0.905. The van der Waals surface area contributed by atoms with Crippen LogP contribution >= 0.6 is 0 Å². The standard InChI is InChI=1S/C9H17O2.3C4H9.Sn/c1-4-5-6-11-9(3)7-8(2)10;3*1-3-4-2;/h4,6,8-10H,1,5,7H2,2-3H3;3*1,3-4H2,2H3;/t8-,9-;;;;/m1..../s1. The Bertz CT molecular complexity index is 282. The molecule has 0 aromatic carbocycles. The molecule has 144 valence electrons. The van der Waals surface area contributed by atoms with Crippen LogP contribution in [-0.4, -0.2) is 39.8 Å². The summed E-state index contributed by atoms with van der Waals surface area (Å²) in [5.74, 6) is 0. The zero-order valence-corrected chi connectivity index (χ0v) is 20.0. The van der Waals surface area contributed by atoms with Gasteiger partial charge in [-0.2, -0.15) is 0 Å². The Morgan fingerprint density at radius 1 is 0.958 bits per heavy atom. The van der Waals surface area contributed by atoms with Crippen LogP contribution in [0.15, 0.2) is 12.7 Å². The van der Waals surface area contributed by atoms with Gasteiger partial charge in [0, 0.05) is 0 Å². The second-order valence-corrected chi connectivity index (χ2v) is 21.6. The summed E-state index contributed by atoms with van der Waals surface area (Å²) in [6.45, 7) is 15.0. The average Bonchev–Trinajstić information content (AvgIpc) is 2.53. The molecule has 2 nitrogen and oxygen atoms in total. The van der Waals surface area contributed by atoms with Crippen molar-refractivity contribution in [2.75, 3.05) is 0 Å². The molecule has 1 N–H and O–H groups in total. The zero-order chi connectivity index (χ0) is 18.4. The molecule has 0 radical (unpaired) electrons. The summed E-state index contributed by atoms with van der Waals surface area (Å²) in [7, 11) is 0. The number of hydrogen-bond acceptors (Lipinski definition) is 2. The number of hydrogen-bond donors (Lipinski definition) is 1. The summed E-state index contributed by atoms with van der Waals surface area (Å²) in [5.41, 5.74) is 0. The molecule has 0 rings (SSSR count). The van der Waals surface area contributed by atoms with Crippen LogP contribution < -0.4 is 0 Å². The molecule has 0 aliphatic heterocycles. The van der Waals surface area contributed by atoms with E-state index in [4.69, 9.17) is 4.74 Å². The number of aliphatic hydroxyl groups excluding tert-OH is 1. The maximum atomic E-state index is 9.71. The van der Waals surface area contributed by atoms with E-state index in [9.17, 15) is 5.11 Å². The van der Waals surface area contributed by atoms with Crippen molar-refractivity contribution >= 4 is 18.4 Å². The van der Waals surface area contributed by atoms with Crippen molar-refractivity contribution in [1.29, 1.82) is 0 Å². The van der Waals surface area contributed by atoms with E-state index in [-0.39, 0.29) is 12.2 Å². The average molecular weight is 447 g/mol. The molecule has 0 aliphatic carbocycles. The summed E-state index contributed by atoms with van der Waals surface area (Å²) in [6, 6.07) is 0. The SMILES string of the molecule is C=CC[C@H](O[C@H](C)C[C@@H](C)O)[Sn]([CH2]CCC)([CH2]CCC)[CH2]CCC. The Balaban J connectivity index is 5.34. The van der Waals surface area contributed by atoms with E-state index in [1.807, 2.05) is 6.92 Å². The topological polar surface area (TPSA) is 29.5 Å². The molecule has 0 amide bonds. The van der Waals surface area contributed by atoms with Crippen molar-refractivity contribution in [2.24, 2.45) is 0 Å². The Labute approximate surface area is 156 Å². The molecule has 0 bridgehead atoms. The minimum atomic E-state index is -2.40. The molecule has 0 heterocycles. The number of ether oxygens (including phenoxy) is 1. The predicted octanol–water partition coefficient (Wildman–Crippen LogP) is 6.50. The number of aliphatic hydroxyl groups is 1. The van der Waals surface area contributed by atoms with Gasteiger partial charge in [-0.25, -0.2) is 0 Å². The first-order chi connectivity index (χ1) is 11.5. The molecule has 24 heavy (non-hydrogen) atoms. The number of rotatable bonds is 16. The van der Waals surface area contributed by atoms with Gasteiger partial charge in [0.05, 0.1) is 0 Å². The maximum absolute atomic E-state index is 9.71. The fourth-order valence-corrected chi connectivity index (χ4v) is 21.2. The fourth-order valence-electron chi connectivity index (χ4n) is 3.86. The van der Waals surface area contributed by atoms with E-state index in [0.717, 1.165) is 12.8 Å². The summed E-state index contributed by atoms with van der Waals surface area (Å²) in [6.07, 6.45) is 11.7. The van der Waals surface area contributed by atoms with E-state index in [1.54, 1.807) is 0 Å². The van der Waals surface area contributed by atoms with Crippen LogP contribution in [0, 0.1) is 0 Å². The summed E-state index contributed by atoms with van der Waals surface area (Å²) >= 11 is -2.40. The molecule has 0 saturated heterocycles. The van der Waals surface area contributed by atoms with Crippen LogP contribution in [0.4, 0.5) is 0 Å². The predicted molar refractivity (Wildman–Crippen MR) is 110 cm³/mol. The second kappa shape index (κ2) is 14.6. The van der Waals surface area contributed by atoms with Gasteiger partial charge in [-0.3, -0.25) is 0 Å². The molecule has 0 aliphatic rings. The van der Waals surface area contributed by atoms with Crippen molar-refractivity contribution in [1.82, 2.24) is 0 Å². The molecule has 0 unspecified atom stereocenters. The summed E-state index contributed by atoms with van der Waals surface area (Å²) < 4.78 is 11.5. The van der Waals surface area contributed by atoms with Gasteiger partial charge >= 0.3 is 156 Å². The Morgan fingerprint density at radius 2 is 1.42 bits per heavy atom. The first-order valence-corrected chi connectivity index (χ1v) is 18.1. The molecule has 0 saturated carbocycles. The van der Waals surface area contributed by atoms with Gasteiger partial charge in [0.15, 0.2) is 0 Å². The van der Waals surface area contributed by atoms with Crippen LogP contribution in [0.2, 0.25) is 13.3 Å². The third kappa shape index (κ3) is 9.82. The van der Waals surface area contributed by atoms with E-state index < -0.39 is 18.4 Å². The van der Waals surface area contributed by atoms with Crippen LogP contribution in [-0.2, 0) is 4.74 Å². The monoisotopic (exact) mass is 448 g/mol. The quantitative estimate of drug-likeness (QED) is 0.216. The van der Waals surface area contributed by atoms with Gasteiger partial charge in [0.2, 0.25) is 0 Å². The second-order valence-electron chi connectivity index (χ2n) is 7.72. The Hall–Kier alpha value is 0.459. The van der Waals surface area contributed by atoms with Crippen molar-refractivity contribution in [3.63, 3.8) is 0 Å². The first kappa shape index (κ1) is 24.5. The molecule has 3 heteroatoms. The van der Waals surface area contributed by atoms with E-state index in [2.05, 4.69) is 40.3 Å². The molecule has 0 aromatic heterocycles. The van der Waals surface area contributed by atoms with Crippen molar-refractivity contribution < 1.29 is 9.84 Å². The van der Waals surface area contributed by atoms with Gasteiger partial charge in [0.25, 0.3) is 0 Å². The van der Waals surface area contributed by atoms with E-state index in [0.29, 0.717) is 4.12 Å². The molecule has 0 spiro atoms. The van der Waals surface area contributed by atoms with Gasteiger partial charge < -0.3 is 0 Å². The third-order valence-electron chi connectivity index (χ3n) is 5.22. The van der Waals surface area contributed by atoms with Gasteiger partial charge in [-0.05, 0) is 0 Å².